The van der Waals surface area contributed by atoms with E-state index in [1.807, 2.05) is 30.5 Å². The lowest BCUT2D eigenvalue weighted by atomic mass is 10.1. The van der Waals surface area contributed by atoms with Gasteiger partial charge in [-0.15, -0.1) is 0 Å². The van der Waals surface area contributed by atoms with Gasteiger partial charge in [-0.2, -0.15) is 0 Å². The van der Waals surface area contributed by atoms with Crippen LogP contribution in [0, 0.1) is 0 Å². The zero-order valence-corrected chi connectivity index (χ0v) is 21.4. The van der Waals surface area contributed by atoms with Gasteiger partial charge in [-0.1, -0.05) is 12.1 Å². The van der Waals surface area contributed by atoms with E-state index in [1.54, 1.807) is 13.2 Å². The van der Waals surface area contributed by atoms with Crippen molar-refractivity contribution in [2.24, 2.45) is 0 Å². The third-order valence-corrected chi connectivity index (χ3v) is 6.80. The molecule has 36 heavy (non-hydrogen) atoms. The molecule has 1 aliphatic rings. The molecular formula is C27H33N4O5-. The third-order valence-electron chi connectivity index (χ3n) is 6.80. The molecule has 3 unspecified atom stereocenters. The van der Waals surface area contributed by atoms with Crippen molar-refractivity contribution in [1.29, 1.82) is 0 Å². The van der Waals surface area contributed by atoms with Crippen LogP contribution < -0.4 is 10.0 Å². The van der Waals surface area contributed by atoms with E-state index in [4.69, 9.17) is 14.5 Å². The molecule has 3 aromatic rings. The zero-order valence-electron chi connectivity index (χ0n) is 21.4. The smallest absolute Gasteiger partial charge is 0.320 e. The minimum atomic E-state index is -1.24. The van der Waals surface area contributed by atoms with Crippen molar-refractivity contribution in [2.45, 2.75) is 45.9 Å². The van der Waals surface area contributed by atoms with Crippen molar-refractivity contribution >= 4 is 28.7 Å². The van der Waals surface area contributed by atoms with Crippen LogP contribution in [-0.2, 0) is 14.3 Å². The fraction of sp³-hybridized carbons (Fsp3) is 0.444. The number of nitrogens with zero attached hydrogens (tertiary/aromatic N) is 4. The van der Waals surface area contributed by atoms with Crippen LogP contribution in [-0.4, -0.2) is 71.8 Å². The van der Waals surface area contributed by atoms with Crippen molar-refractivity contribution in [3.63, 3.8) is 0 Å². The average Bonchev–Trinajstić information content (AvgIpc) is 3.24. The Bertz CT molecular complexity index is 1240. The van der Waals surface area contributed by atoms with Gasteiger partial charge in [-0.25, -0.2) is 4.98 Å². The normalized spacial score (nSPS) is 19.4. The summed E-state index contributed by atoms with van der Waals surface area (Å²) >= 11 is 0. The maximum Gasteiger partial charge on any atom is 0.320 e. The van der Waals surface area contributed by atoms with Gasteiger partial charge in [0, 0.05) is 43.7 Å². The topological polar surface area (TPSA) is 100.0 Å². The number of carbonyl (C=O) groups excluding carboxylic acids is 2. The maximum atomic E-state index is 12.1. The summed E-state index contributed by atoms with van der Waals surface area (Å²) in [6.07, 6.45) is -0.307. The molecule has 0 amide bonds. The van der Waals surface area contributed by atoms with Crippen molar-refractivity contribution < 1.29 is 24.2 Å². The highest BCUT2D eigenvalue weighted by molar-refractivity contribution is 5.91. The molecule has 3 atom stereocenters. The van der Waals surface area contributed by atoms with Gasteiger partial charge in [0.05, 0.1) is 30.2 Å². The number of fused-ring (bicyclic) bond motifs is 1. The molecule has 1 fully saturated rings. The fourth-order valence-corrected chi connectivity index (χ4v) is 4.94. The van der Waals surface area contributed by atoms with E-state index in [1.165, 1.54) is 12.1 Å². The monoisotopic (exact) mass is 493 g/mol. The summed E-state index contributed by atoms with van der Waals surface area (Å²) in [5.41, 5.74) is 3.41. The molecule has 9 nitrogen and oxygen atoms in total. The predicted molar refractivity (Wildman–Crippen MR) is 135 cm³/mol. The largest absolute Gasteiger partial charge is 0.545 e. The number of piperazine rings is 1. The van der Waals surface area contributed by atoms with Crippen LogP contribution >= 0.6 is 0 Å². The van der Waals surface area contributed by atoms with Crippen LogP contribution in [0.1, 0.15) is 50.0 Å². The van der Waals surface area contributed by atoms with Gasteiger partial charge < -0.3 is 24.3 Å². The second-order valence-electron chi connectivity index (χ2n) is 9.27. The molecule has 192 valence electrons. The van der Waals surface area contributed by atoms with Crippen LogP contribution in [0.4, 0.5) is 5.69 Å². The van der Waals surface area contributed by atoms with Crippen LogP contribution in [0.25, 0.3) is 16.7 Å². The average molecular weight is 494 g/mol. The first-order valence-corrected chi connectivity index (χ1v) is 12.3. The number of esters is 1. The van der Waals surface area contributed by atoms with E-state index in [2.05, 4.69) is 35.8 Å². The quantitative estimate of drug-likeness (QED) is 0.442. The minimum absolute atomic E-state index is 0.0844. The SMILES string of the molecule is CCOC(=O)CN1C(C)CN(c2cccc(-n3c(C(C)OC)nc4cc(C(=O)[O-])ccc43)c2)CC1C. The molecule has 2 heterocycles. The van der Waals surface area contributed by atoms with E-state index in [9.17, 15) is 14.7 Å². The van der Waals surface area contributed by atoms with Gasteiger partial charge in [0.15, 0.2) is 0 Å². The van der Waals surface area contributed by atoms with Gasteiger partial charge in [0.1, 0.15) is 11.9 Å². The molecule has 0 N–H and O–H groups in total. The summed E-state index contributed by atoms with van der Waals surface area (Å²) < 4.78 is 12.7. The maximum absolute atomic E-state index is 12.1. The number of aromatic carboxylic acids is 1. The van der Waals surface area contributed by atoms with Crippen LogP contribution in [0.3, 0.4) is 0 Å². The molecule has 0 bridgehead atoms. The number of carboxylic acids is 1. The second-order valence-corrected chi connectivity index (χ2v) is 9.27. The Balaban J connectivity index is 1.67. The van der Waals surface area contributed by atoms with Gasteiger partial charge >= 0.3 is 5.97 Å². The summed E-state index contributed by atoms with van der Waals surface area (Å²) in [6, 6.07) is 13.4. The van der Waals surface area contributed by atoms with Gasteiger partial charge in [-0.05, 0) is 63.6 Å². The Hall–Kier alpha value is -3.43. The molecule has 0 spiro atoms. The number of anilines is 1. The Morgan fingerprint density at radius 3 is 2.44 bits per heavy atom. The van der Waals surface area contributed by atoms with Crippen molar-refractivity contribution in [2.75, 3.05) is 38.3 Å². The Kier molecular flexibility index (Phi) is 7.61. The lowest BCUT2D eigenvalue weighted by molar-refractivity contribution is -0.255. The van der Waals surface area contributed by atoms with E-state index >= 15 is 0 Å². The number of hydrogen-bond acceptors (Lipinski definition) is 8. The first-order chi connectivity index (χ1) is 17.2. The van der Waals surface area contributed by atoms with Crippen LogP contribution in [0.5, 0.6) is 0 Å². The van der Waals surface area contributed by atoms with Gasteiger partial charge in [0.2, 0.25) is 0 Å². The highest BCUT2D eigenvalue weighted by Crippen LogP contribution is 2.30. The Morgan fingerprint density at radius 2 is 1.81 bits per heavy atom. The zero-order chi connectivity index (χ0) is 26.0. The molecule has 9 heteroatoms. The molecular weight excluding hydrogens is 460 g/mol. The molecule has 1 aliphatic heterocycles. The summed E-state index contributed by atoms with van der Waals surface area (Å²) in [6.45, 7) is 10.2. The molecule has 1 aromatic heterocycles. The van der Waals surface area contributed by atoms with E-state index in [-0.39, 0.29) is 36.3 Å². The standard InChI is InChI=1S/C27H34N4O5/c1-6-36-25(32)16-30-17(2)14-29(15-18(30)3)21-8-7-9-22(13-21)31-24-11-10-20(27(33)34)12-23(24)28-26(31)19(4)35-5/h7-13,17-19H,6,14-16H2,1-5H3,(H,33,34)/p-1. The first kappa shape index (κ1) is 25.7. The lowest BCUT2D eigenvalue weighted by Crippen LogP contribution is -2.58. The lowest BCUT2D eigenvalue weighted by Gasteiger charge is -2.45. The second kappa shape index (κ2) is 10.7. The number of ether oxygens (including phenoxy) is 2. The molecule has 0 radical (unpaired) electrons. The number of carbonyl (C=O) groups is 2. The summed E-state index contributed by atoms with van der Waals surface area (Å²) in [5, 5.41) is 11.4. The number of benzene rings is 2. The number of imidazole rings is 1. The van der Waals surface area contributed by atoms with E-state index in [0.29, 0.717) is 17.9 Å². The summed E-state index contributed by atoms with van der Waals surface area (Å²) in [4.78, 5) is 32.7. The molecule has 1 saturated heterocycles. The van der Waals surface area contributed by atoms with Crippen molar-refractivity contribution in [1.82, 2.24) is 14.5 Å². The number of aromatic nitrogens is 2. The van der Waals surface area contributed by atoms with Crippen LogP contribution in [0.2, 0.25) is 0 Å². The molecule has 2 aromatic carbocycles. The van der Waals surface area contributed by atoms with Gasteiger partial charge in [0.25, 0.3) is 0 Å². The van der Waals surface area contributed by atoms with Crippen LogP contribution in [0.15, 0.2) is 42.5 Å². The highest BCUT2D eigenvalue weighted by Gasteiger charge is 2.31. The van der Waals surface area contributed by atoms with E-state index < -0.39 is 5.97 Å². The molecule has 0 saturated carbocycles. The minimum Gasteiger partial charge on any atom is -0.545 e. The molecule has 4 rings (SSSR count). The Labute approximate surface area is 211 Å². The number of hydrogen-bond donors (Lipinski definition) is 0. The third kappa shape index (κ3) is 5.08. The number of rotatable bonds is 8. The molecule has 0 aliphatic carbocycles. The van der Waals surface area contributed by atoms with Gasteiger partial charge in [-0.3, -0.25) is 14.3 Å². The van der Waals surface area contributed by atoms with Crippen molar-refractivity contribution in [3.8, 4) is 5.69 Å². The Morgan fingerprint density at radius 1 is 1.11 bits per heavy atom. The number of methoxy groups -OCH3 is 1. The fourth-order valence-electron chi connectivity index (χ4n) is 4.94. The summed E-state index contributed by atoms with van der Waals surface area (Å²) in [7, 11) is 1.62. The first-order valence-electron chi connectivity index (χ1n) is 12.3. The number of carboxylic acid groups (broad SMARTS) is 1. The summed E-state index contributed by atoms with van der Waals surface area (Å²) in [5.74, 6) is -0.749. The van der Waals surface area contributed by atoms with E-state index in [0.717, 1.165) is 30.0 Å². The highest BCUT2D eigenvalue weighted by atomic mass is 16.5. The predicted octanol–water partition coefficient (Wildman–Crippen LogP) is 2.56. The van der Waals surface area contributed by atoms with Crippen molar-refractivity contribution in [3.05, 3.63) is 53.9 Å².